The van der Waals surface area contributed by atoms with Crippen LogP contribution in [0.2, 0.25) is 0 Å². The van der Waals surface area contributed by atoms with Gasteiger partial charge in [0.25, 0.3) is 0 Å². The molecule has 3 rings (SSSR count). The normalized spacial score (nSPS) is 23.5. The van der Waals surface area contributed by atoms with Gasteiger partial charge in [-0.2, -0.15) is 0 Å². The molecule has 0 amide bonds. The Hall–Kier alpha value is -0.850. The minimum absolute atomic E-state index is 0.920. The fourth-order valence-corrected chi connectivity index (χ4v) is 3.12. The van der Waals surface area contributed by atoms with Gasteiger partial charge in [-0.1, -0.05) is 25.8 Å². The predicted molar refractivity (Wildman–Crippen MR) is 71.1 cm³/mol. The molecule has 1 heterocycles. The van der Waals surface area contributed by atoms with Gasteiger partial charge in [0, 0.05) is 11.4 Å². The highest BCUT2D eigenvalue weighted by molar-refractivity contribution is 5.26. The lowest BCUT2D eigenvalue weighted by Gasteiger charge is -2.23. The third-order valence-electron chi connectivity index (χ3n) is 4.32. The van der Waals surface area contributed by atoms with Crippen molar-refractivity contribution >= 4 is 0 Å². The molecule has 1 nitrogen and oxygen atoms in total. The Morgan fingerprint density at radius 3 is 2.82 bits per heavy atom. The molecule has 1 aromatic rings. The molecular formula is C16H23N. The maximum atomic E-state index is 4.89. The summed E-state index contributed by atoms with van der Waals surface area (Å²) in [6.45, 7) is 2.30. The zero-order valence-corrected chi connectivity index (χ0v) is 10.9. The average Bonchev–Trinajstić information content (AvgIpc) is 3.14. The molecule has 1 fully saturated rings. The van der Waals surface area contributed by atoms with Crippen LogP contribution in [0.3, 0.4) is 0 Å². The molecule has 1 atom stereocenters. The first kappa shape index (κ1) is 11.3. The molecule has 0 aliphatic heterocycles. The highest BCUT2D eigenvalue weighted by atomic mass is 14.7. The minimum Gasteiger partial charge on any atom is -0.258 e. The summed E-state index contributed by atoms with van der Waals surface area (Å²) in [7, 11) is 0. The molecular weight excluding hydrogens is 206 g/mol. The smallest absolute Gasteiger partial charge is 0.0439 e. The van der Waals surface area contributed by atoms with E-state index in [1.165, 1.54) is 68.3 Å². The van der Waals surface area contributed by atoms with Crippen LogP contribution >= 0.6 is 0 Å². The van der Waals surface area contributed by atoms with Crippen LogP contribution < -0.4 is 0 Å². The monoisotopic (exact) mass is 229 g/mol. The summed E-state index contributed by atoms with van der Waals surface area (Å²) in [5.74, 6) is 1.88. The molecule has 17 heavy (non-hydrogen) atoms. The first-order chi connectivity index (χ1) is 8.35. The molecule has 92 valence electrons. The molecule has 2 aliphatic carbocycles. The molecule has 1 unspecified atom stereocenters. The van der Waals surface area contributed by atoms with Gasteiger partial charge in [-0.05, 0) is 62.0 Å². The van der Waals surface area contributed by atoms with Gasteiger partial charge in [0.15, 0.2) is 0 Å². The quantitative estimate of drug-likeness (QED) is 0.762. The molecule has 0 aromatic carbocycles. The zero-order chi connectivity index (χ0) is 11.7. The minimum atomic E-state index is 0.920. The van der Waals surface area contributed by atoms with E-state index in [2.05, 4.69) is 19.1 Å². The van der Waals surface area contributed by atoms with Gasteiger partial charge >= 0.3 is 0 Å². The van der Waals surface area contributed by atoms with E-state index in [0.29, 0.717) is 0 Å². The van der Waals surface area contributed by atoms with E-state index in [0.717, 1.165) is 11.8 Å². The molecule has 0 spiro atoms. The van der Waals surface area contributed by atoms with Crippen LogP contribution in [-0.2, 0) is 19.3 Å². The van der Waals surface area contributed by atoms with Gasteiger partial charge in [0.1, 0.15) is 0 Å². The topological polar surface area (TPSA) is 12.9 Å². The van der Waals surface area contributed by atoms with Gasteiger partial charge in [-0.15, -0.1) is 0 Å². The van der Waals surface area contributed by atoms with E-state index in [1.54, 1.807) is 0 Å². The second-order valence-corrected chi connectivity index (χ2v) is 5.95. The Morgan fingerprint density at radius 1 is 1.18 bits per heavy atom. The lowest BCUT2D eigenvalue weighted by molar-refractivity contribution is 0.417. The molecule has 0 bridgehead atoms. The molecule has 0 radical (unpaired) electrons. The Bertz CT molecular complexity index is 393. The van der Waals surface area contributed by atoms with Crippen LogP contribution in [0, 0.1) is 11.8 Å². The van der Waals surface area contributed by atoms with Crippen LogP contribution in [-0.4, -0.2) is 4.98 Å². The molecule has 1 saturated carbocycles. The van der Waals surface area contributed by atoms with E-state index in [4.69, 9.17) is 4.98 Å². The third-order valence-corrected chi connectivity index (χ3v) is 4.32. The molecule has 2 aliphatic rings. The van der Waals surface area contributed by atoms with E-state index in [-0.39, 0.29) is 0 Å². The maximum Gasteiger partial charge on any atom is 0.0439 e. The SMILES string of the molecule is CCCC1CCc2nc(CC3CC3)ccc2C1. The lowest BCUT2D eigenvalue weighted by Crippen LogP contribution is -2.16. The first-order valence-corrected chi connectivity index (χ1v) is 7.33. The number of aryl methyl sites for hydroxylation is 1. The van der Waals surface area contributed by atoms with E-state index >= 15 is 0 Å². The molecule has 0 saturated heterocycles. The van der Waals surface area contributed by atoms with E-state index in [9.17, 15) is 0 Å². The van der Waals surface area contributed by atoms with Gasteiger partial charge in [0.2, 0.25) is 0 Å². The third kappa shape index (κ3) is 2.70. The van der Waals surface area contributed by atoms with Crippen molar-refractivity contribution in [2.45, 2.75) is 58.3 Å². The summed E-state index contributed by atoms with van der Waals surface area (Å²) in [6, 6.07) is 4.65. The molecule has 0 N–H and O–H groups in total. The lowest BCUT2D eigenvalue weighted by atomic mass is 9.84. The maximum absolute atomic E-state index is 4.89. The summed E-state index contributed by atoms with van der Waals surface area (Å²) < 4.78 is 0. The summed E-state index contributed by atoms with van der Waals surface area (Å²) >= 11 is 0. The number of aromatic nitrogens is 1. The van der Waals surface area contributed by atoms with Crippen molar-refractivity contribution < 1.29 is 0 Å². The number of rotatable bonds is 4. The Kier molecular flexibility index (Phi) is 3.17. The van der Waals surface area contributed by atoms with Crippen molar-refractivity contribution in [3.8, 4) is 0 Å². The van der Waals surface area contributed by atoms with Crippen molar-refractivity contribution in [1.29, 1.82) is 0 Å². The fraction of sp³-hybridized carbons (Fsp3) is 0.688. The molecule has 1 aromatic heterocycles. The first-order valence-electron chi connectivity index (χ1n) is 7.33. The number of hydrogen-bond acceptors (Lipinski definition) is 1. The highest BCUT2D eigenvalue weighted by Gasteiger charge is 2.23. The fourth-order valence-electron chi connectivity index (χ4n) is 3.12. The largest absolute Gasteiger partial charge is 0.258 e. The van der Waals surface area contributed by atoms with E-state index < -0.39 is 0 Å². The van der Waals surface area contributed by atoms with Crippen molar-refractivity contribution in [3.63, 3.8) is 0 Å². The standard InChI is InChI=1S/C16H23N/c1-2-3-12-6-9-16-14(10-12)7-8-15(17-16)11-13-4-5-13/h7-8,12-13H,2-6,9-11H2,1H3. The highest BCUT2D eigenvalue weighted by Crippen LogP contribution is 2.33. The van der Waals surface area contributed by atoms with Crippen LogP contribution in [0.4, 0.5) is 0 Å². The van der Waals surface area contributed by atoms with Gasteiger partial charge in [-0.3, -0.25) is 4.98 Å². The predicted octanol–water partition coefficient (Wildman–Crippen LogP) is 3.94. The van der Waals surface area contributed by atoms with Gasteiger partial charge < -0.3 is 0 Å². The van der Waals surface area contributed by atoms with Crippen molar-refractivity contribution in [1.82, 2.24) is 4.98 Å². The van der Waals surface area contributed by atoms with Crippen LogP contribution in [0.1, 0.15) is 56.0 Å². The Balaban J connectivity index is 1.71. The Labute approximate surface area is 105 Å². The molecule has 1 heteroatoms. The summed E-state index contributed by atoms with van der Waals surface area (Å²) in [4.78, 5) is 4.89. The average molecular weight is 229 g/mol. The van der Waals surface area contributed by atoms with E-state index in [1.807, 2.05) is 0 Å². The summed E-state index contributed by atoms with van der Waals surface area (Å²) in [6.07, 6.45) is 10.7. The van der Waals surface area contributed by atoms with Gasteiger partial charge in [-0.25, -0.2) is 0 Å². The summed E-state index contributed by atoms with van der Waals surface area (Å²) in [5.41, 5.74) is 4.30. The van der Waals surface area contributed by atoms with Crippen LogP contribution in [0.15, 0.2) is 12.1 Å². The number of nitrogens with zero attached hydrogens (tertiary/aromatic N) is 1. The van der Waals surface area contributed by atoms with Crippen molar-refractivity contribution in [3.05, 3.63) is 29.1 Å². The second-order valence-electron chi connectivity index (χ2n) is 5.95. The van der Waals surface area contributed by atoms with Crippen LogP contribution in [0.5, 0.6) is 0 Å². The Morgan fingerprint density at radius 2 is 2.06 bits per heavy atom. The zero-order valence-electron chi connectivity index (χ0n) is 10.9. The second kappa shape index (κ2) is 4.80. The summed E-state index contributed by atoms with van der Waals surface area (Å²) in [5, 5.41) is 0. The van der Waals surface area contributed by atoms with Crippen molar-refractivity contribution in [2.24, 2.45) is 11.8 Å². The number of fused-ring (bicyclic) bond motifs is 1. The van der Waals surface area contributed by atoms with Gasteiger partial charge in [0.05, 0.1) is 0 Å². The van der Waals surface area contributed by atoms with Crippen LogP contribution in [0.25, 0.3) is 0 Å². The van der Waals surface area contributed by atoms with Crippen molar-refractivity contribution in [2.75, 3.05) is 0 Å². The number of pyridine rings is 1. The number of hydrogen-bond donors (Lipinski definition) is 0.